The van der Waals surface area contributed by atoms with Gasteiger partial charge in [0.1, 0.15) is 0 Å². The normalized spacial score (nSPS) is 19.6. The molecular formula is C13H20ClN3O3S. The molecule has 0 radical (unpaired) electrons. The molecule has 8 heteroatoms. The van der Waals surface area contributed by atoms with Crippen LogP contribution in [0.1, 0.15) is 13.8 Å². The molecule has 1 aliphatic rings. The maximum Gasteiger partial charge on any atom is 0.243 e. The summed E-state index contributed by atoms with van der Waals surface area (Å²) in [5.41, 5.74) is 0.588. The molecule has 118 valence electrons. The van der Waals surface area contributed by atoms with Gasteiger partial charge in [0.25, 0.3) is 0 Å². The molecule has 1 heterocycles. The second-order valence-corrected chi connectivity index (χ2v) is 6.77. The second-order valence-electron chi connectivity index (χ2n) is 4.87. The highest BCUT2D eigenvalue weighted by Gasteiger charge is 2.30. The first-order chi connectivity index (χ1) is 9.41. The molecule has 1 aromatic carbocycles. The standard InChI is InChI=1S/C13H19N3O3S.ClH/c1-10-9-14-7-8-16(10)20(18,19)13-5-3-12(4-6-13)15-11(2)17;/h3-6,10,14H,7-9H2,1-2H3,(H,15,17);1H/t10-;/m1./s1. The largest absolute Gasteiger partial charge is 0.326 e. The van der Waals surface area contributed by atoms with Gasteiger partial charge in [-0.15, -0.1) is 12.4 Å². The molecule has 1 atom stereocenters. The number of sulfonamides is 1. The molecule has 1 aliphatic heterocycles. The molecule has 0 aromatic heterocycles. The molecule has 2 N–H and O–H groups in total. The van der Waals surface area contributed by atoms with E-state index in [4.69, 9.17) is 0 Å². The van der Waals surface area contributed by atoms with Gasteiger partial charge < -0.3 is 10.6 Å². The lowest BCUT2D eigenvalue weighted by molar-refractivity contribution is -0.114. The summed E-state index contributed by atoms with van der Waals surface area (Å²) in [6.07, 6.45) is 0. The van der Waals surface area contributed by atoms with Gasteiger partial charge >= 0.3 is 0 Å². The lowest BCUT2D eigenvalue weighted by Crippen LogP contribution is -2.52. The average Bonchev–Trinajstić information content (AvgIpc) is 2.39. The van der Waals surface area contributed by atoms with E-state index in [0.717, 1.165) is 0 Å². The van der Waals surface area contributed by atoms with Gasteiger partial charge in [-0.3, -0.25) is 4.79 Å². The van der Waals surface area contributed by atoms with Crippen LogP contribution in [0.4, 0.5) is 5.69 Å². The van der Waals surface area contributed by atoms with Gasteiger partial charge in [0, 0.05) is 38.3 Å². The fourth-order valence-electron chi connectivity index (χ4n) is 2.23. The molecular weight excluding hydrogens is 314 g/mol. The van der Waals surface area contributed by atoms with Crippen molar-refractivity contribution in [3.8, 4) is 0 Å². The SMILES string of the molecule is CC(=O)Nc1ccc(S(=O)(=O)N2CCNC[C@H]2C)cc1.Cl. The fourth-order valence-corrected chi connectivity index (χ4v) is 3.86. The molecule has 1 saturated heterocycles. The number of rotatable bonds is 3. The molecule has 6 nitrogen and oxygen atoms in total. The Morgan fingerprint density at radius 2 is 1.95 bits per heavy atom. The third-order valence-corrected chi connectivity index (χ3v) is 5.25. The van der Waals surface area contributed by atoms with E-state index in [-0.39, 0.29) is 29.3 Å². The minimum absolute atomic E-state index is 0. The van der Waals surface area contributed by atoms with Crippen LogP contribution < -0.4 is 10.6 Å². The zero-order chi connectivity index (χ0) is 14.8. The van der Waals surface area contributed by atoms with E-state index in [1.165, 1.54) is 23.4 Å². The van der Waals surface area contributed by atoms with Crippen LogP contribution in [0.25, 0.3) is 0 Å². The first kappa shape index (κ1) is 17.9. The minimum Gasteiger partial charge on any atom is -0.326 e. The maximum atomic E-state index is 12.5. The third kappa shape index (κ3) is 4.16. The van der Waals surface area contributed by atoms with Crippen LogP contribution in [-0.2, 0) is 14.8 Å². The molecule has 2 rings (SSSR count). The van der Waals surface area contributed by atoms with Crippen molar-refractivity contribution in [3.63, 3.8) is 0 Å². The van der Waals surface area contributed by atoms with Crippen molar-refractivity contribution in [3.05, 3.63) is 24.3 Å². The van der Waals surface area contributed by atoms with Gasteiger partial charge in [-0.1, -0.05) is 0 Å². The number of amides is 1. The van der Waals surface area contributed by atoms with Gasteiger partial charge in [0.05, 0.1) is 4.90 Å². The summed E-state index contributed by atoms with van der Waals surface area (Å²) in [6.45, 7) is 5.08. The summed E-state index contributed by atoms with van der Waals surface area (Å²) >= 11 is 0. The number of carbonyl (C=O) groups excluding carboxylic acids is 1. The van der Waals surface area contributed by atoms with Crippen LogP contribution in [0.5, 0.6) is 0 Å². The smallest absolute Gasteiger partial charge is 0.243 e. The summed E-state index contributed by atoms with van der Waals surface area (Å²) in [5, 5.41) is 5.78. The van der Waals surface area contributed by atoms with E-state index in [9.17, 15) is 13.2 Å². The topological polar surface area (TPSA) is 78.5 Å². The molecule has 21 heavy (non-hydrogen) atoms. The van der Waals surface area contributed by atoms with E-state index < -0.39 is 10.0 Å². The van der Waals surface area contributed by atoms with Crippen molar-refractivity contribution in [2.45, 2.75) is 24.8 Å². The van der Waals surface area contributed by atoms with Crippen molar-refractivity contribution in [2.24, 2.45) is 0 Å². The van der Waals surface area contributed by atoms with E-state index in [1.807, 2.05) is 6.92 Å². The molecule has 0 aliphatic carbocycles. The first-order valence-electron chi connectivity index (χ1n) is 6.51. The Hall–Kier alpha value is -1.15. The van der Waals surface area contributed by atoms with Gasteiger partial charge in [0.2, 0.25) is 15.9 Å². The number of hydrogen-bond acceptors (Lipinski definition) is 4. The highest BCUT2D eigenvalue weighted by atomic mass is 35.5. The monoisotopic (exact) mass is 333 g/mol. The van der Waals surface area contributed by atoms with Crippen LogP contribution in [0, 0.1) is 0 Å². The molecule has 0 saturated carbocycles. The molecule has 0 unspecified atom stereocenters. The van der Waals surface area contributed by atoms with Crippen molar-refractivity contribution in [1.82, 2.24) is 9.62 Å². The Bertz CT molecular complexity index is 589. The summed E-state index contributed by atoms with van der Waals surface area (Å²) < 4.78 is 26.6. The maximum absolute atomic E-state index is 12.5. The zero-order valence-electron chi connectivity index (χ0n) is 12.0. The highest BCUT2D eigenvalue weighted by Crippen LogP contribution is 2.21. The minimum atomic E-state index is -3.48. The van der Waals surface area contributed by atoms with Crippen LogP contribution in [0.3, 0.4) is 0 Å². The summed E-state index contributed by atoms with van der Waals surface area (Å²) in [6, 6.07) is 6.18. The third-order valence-electron chi connectivity index (χ3n) is 3.22. The van der Waals surface area contributed by atoms with Crippen molar-refractivity contribution in [2.75, 3.05) is 25.0 Å². The summed E-state index contributed by atoms with van der Waals surface area (Å²) in [5.74, 6) is -0.184. The second kappa shape index (κ2) is 7.22. The molecule has 1 aromatic rings. The Labute approximate surface area is 131 Å². The number of carbonyl (C=O) groups is 1. The highest BCUT2D eigenvalue weighted by molar-refractivity contribution is 7.89. The number of halogens is 1. The van der Waals surface area contributed by atoms with Gasteiger partial charge in [-0.05, 0) is 31.2 Å². The number of anilines is 1. The van der Waals surface area contributed by atoms with E-state index in [2.05, 4.69) is 10.6 Å². The van der Waals surface area contributed by atoms with Crippen molar-refractivity contribution < 1.29 is 13.2 Å². The number of hydrogen-bond donors (Lipinski definition) is 2. The Morgan fingerprint density at radius 1 is 1.33 bits per heavy atom. The number of nitrogens with one attached hydrogen (secondary N) is 2. The first-order valence-corrected chi connectivity index (χ1v) is 7.95. The Kier molecular flexibility index (Phi) is 6.15. The molecule has 1 amide bonds. The predicted molar refractivity (Wildman–Crippen MR) is 84.2 cm³/mol. The Morgan fingerprint density at radius 3 is 2.48 bits per heavy atom. The molecule has 0 spiro atoms. The Balaban J connectivity index is 0.00000220. The van der Waals surface area contributed by atoms with Crippen molar-refractivity contribution >= 4 is 34.0 Å². The lowest BCUT2D eigenvalue weighted by atomic mass is 10.3. The van der Waals surface area contributed by atoms with Gasteiger partial charge in [-0.2, -0.15) is 4.31 Å². The predicted octanol–water partition coefficient (Wildman–Crippen LogP) is 1.05. The van der Waals surface area contributed by atoms with E-state index in [0.29, 0.717) is 25.3 Å². The lowest BCUT2D eigenvalue weighted by Gasteiger charge is -2.32. The summed E-state index contributed by atoms with van der Waals surface area (Å²) in [7, 11) is -3.48. The molecule has 1 fully saturated rings. The number of piperazine rings is 1. The number of nitrogens with zero attached hydrogens (tertiary/aromatic N) is 1. The number of benzene rings is 1. The van der Waals surface area contributed by atoms with Crippen LogP contribution >= 0.6 is 12.4 Å². The molecule has 0 bridgehead atoms. The van der Waals surface area contributed by atoms with Crippen LogP contribution in [0.15, 0.2) is 29.2 Å². The van der Waals surface area contributed by atoms with Crippen LogP contribution in [0.2, 0.25) is 0 Å². The fraction of sp³-hybridized carbons (Fsp3) is 0.462. The quantitative estimate of drug-likeness (QED) is 0.866. The van der Waals surface area contributed by atoms with Gasteiger partial charge in [0.15, 0.2) is 0 Å². The van der Waals surface area contributed by atoms with E-state index >= 15 is 0 Å². The summed E-state index contributed by atoms with van der Waals surface area (Å²) in [4.78, 5) is 11.2. The van der Waals surface area contributed by atoms with E-state index in [1.54, 1.807) is 12.1 Å². The van der Waals surface area contributed by atoms with Gasteiger partial charge in [-0.25, -0.2) is 8.42 Å². The zero-order valence-corrected chi connectivity index (χ0v) is 13.6. The average molecular weight is 334 g/mol. The van der Waals surface area contributed by atoms with Crippen LogP contribution in [-0.4, -0.2) is 44.3 Å². The van der Waals surface area contributed by atoms with Crippen molar-refractivity contribution in [1.29, 1.82) is 0 Å².